The molecular weight excluding hydrogens is 220 g/mol. The summed E-state index contributed by atoms with van der Waals surface area (Å²) < 4.78 is 5.02. The number of methoxy groups -OCH3 is 1. The third kappa shape index (κ3) is 2.88. The normalized spacial score (nSPS) is 16.1. The first-order valence-electron chi connectivity index (χ1n) is 5.51. The van der Waals surface area contributed by atoms with Gasteiger partial charge in [-0.3, -0.25) is 0 Å². The zero-order chi connectivity index (χ0) is 12.3. The largest absolute Gasteiger partial charge is 0.497 e. The van der Waals surface area contributed by atoms with Gasteiger partial charge >= 0.3 is 6.03 Å². The van der Waals surface area contributed by atoms with Crippen molar-refractivity contribution in [3.63, 3.8) is 0 Å². The van der Waals surface area contributed by atoms with Crippen molar-refractivity contribution in [2.24, 2.45) is 0 Å². The van der Waals surface area contributed by atoms with Crippen molar-refractivity contribution < 1.29 is 14.6 Å². The van der Waals surface area contributed by atoms with Crippen LogP contribution in [0.3, 0.4) is 0 Å². The summed E-state index contributed by atoms with van der Waals surface area (Å²) in [5.74, 6) is 0.741. The number of aliphatic hydroxyl groups excluding tert-OH is 1. The number of nitrogens with one attached hydrogen (secondary N) is 2. The molecule has 1 aromatic carbocycles. The van der Waals surface area contributed by atoms with E-state index in [-0.39, 0.29) is 12.6 Å². The van der Waals surface area contributed by atoms with Gasteiger partial charge in [-0.2, -0.15) is 0 Å². The fourth-order valence-electron chi connectivity index (χ4n) is 1.55. The molecule has 1 aliphatic carbocycles. The van der Waals surface area contributed by atoms with Gasteiger partial charge in [-0.25, -0.2) is 4.79 Å². The highest BCUT2D eigenvalue weighted by Crippen LogP contribution is 2.34. The van der Waals surface area contributed by atoms with E-state index in [2.05, 4.69) is 10.6 Å². The second-order valence-electron chi connectivity index (χ2n) is 4.25. The predicted molar refractivity (Wildman–Crippen MR) is 64.2 cm³/mol. The lowest BCUT2D eigenvalue weighted by atomic mass is 10.3. The van der Waals surface area contributed by atoms with Gasteiger partial charge in [0, 0.05) is 5.69 Å². The van der Waals surface area contributed by atoms with Crippen molar-refractivity contribution in [3.8, 4) is 5.75 Å². The van der Waals surface area contributed by atoms with Crippen LogP contribution in [0.25, 0.3) is 0 Å². The Kier molecular flexibility index (Phi) is 3.19. The highest BCUT2D eigenvalue weighted by Gasteiger charge is 2.43. The maximum atomic E-state index is 11.6. The van der Waals surface area contributed by atoms with Crippen LogP contribution < -0.4 is 15.4 Å². The summed E-state index contributed by atoms with van der Waals surface area (Å²) in [6, 6.07) is 6.78. The Bertz CT molecular complexity index is 399. The molecule has 92 valence electrons. The van der Waals surface area contributed by atoms with Crippen molar-refractivity contribution in [1.29, 1.82) is 0 Å². The van der Waals surface area contributed by atoms with Crippen molar-refractivity contribution in [2.45, 2.75) is 18.4 Å². The zero-order valence-electron chi connectivity index (χ0n) is 9.69. The number of anilines is 1. The summed E-state index contributed by atoms with van der Waals surface area (Å²) in [5, 5.41) is 14.6. The molecule has 17 heavy (non-hydrogen) atoms. The van der Waals surface area contributed by atoms with Crippen LogP contribution in [-0.2, 0) is 0 Å². The lowest BCUT2D eigenvalue weighted by Gasteiger charge is -2.15. The molecule has 0 aliphatic heterocycles. The third-order valence-corrected chi connectivity index (χ3v) is 2.88. The van der Waals surface area contributed by atoms with Crippen molar-refractivity contribution in [2.75, 3.05) is 19.0 Å². The molecule has 2 rings (SSSR count). The Morgan fingerprint density at radius 2 is 2.06 bits per heavy atom. The van der Waals surface area contributed by atoms with Crippen LogP contribution in [0.5, 0.6) is 5.75 Å². The number of urea groups is 1. The molecule has 5 heteroatoms. The fraction of sp³-hybridized carbons (Fsp3) is 0.417. The van der Waals surface area contributed by atoms with Gasteiger partial charge in [-0.15, -0.1) is 0 Å². The molecule has 5 nitrogen and oxygen atoms in total. The second-order valence-corrected chi connectivity index (χ2v) is 4.25. The molecule has 0 heterocycles. The minimum Gasteiger partial charge on any atom is -0.497 e. The number of hydrogen-bond acceptors (Lipinski definition) is 3. The number of carbonyl (C=O) groups excluding carboxylic acids is 1. The van der Waals surface area contributed by atoms with E-state index in [0.717, 1.165) is 18.6 Å². The Balaban J connectivity index is 1.89. The lowest BCUT2D eigenvalue weighted by molar-refractivity contribution is 0.217. The summed E-state index contributed by atoms with van der Waals surface area (Å²) in [6.45, 7) is -0.0109. The van der Waals surface area contributed by atoms with E-state index in [4.69, 9.17) is 9.84 Å². The summed E-state index contributed by atoms with van der Waals surface area (Å²) in [4.78, 5) is 11.6. The Morgan fingerprint density at radius 1 is 1.41 bits per heavy atom. The van der Waals surface area contributed by atoms with Crippen LogP contribution in [0, 0.1) is 0 Å². The lowest BCUT2D eigenvalue weighted by Crippen LogP contribution is -2.42. The van der Waals surface area contributed by atoms with E-state index < -0.39 is 5.54 Å². The van der Waals surface area contributed by atoms with E-state index in [1.165, 1.54) is 0 Å². The Labute approximate surface area is 99.8 Å². The third-order valence-electron chi connectivity index (χ3n) is 2.88. The second kappa shape index (κ2) is 4.63. The van der Waals surface area contributed by atoms with Gasteiger partial charge in [0.2, 0.25) is 0 Å². The van der Waals surface area contributed by atoms with Gasteiger partial charge < -0.3 is 20.5 Å². The summed E-state index contributed by atoms with van der Waals surface area (Å²) >= 11 is 0. The van der Waals surface area contributed by atoms with E-state index >= 15 is 0 Å². The molecule has 1 aliphatic rings. The number of hydrogen-bond donors (Lipinski definition) is 3. The average Bonchev–Trinajstić information content (AvgIpc) is 3.10. The highest BCUT2D eigenvalue weighted by atomic mass is 16.5. The first-order chi connectivity index (χ1) is 8.17. The number of amides is 2. The van der Waals surface area contributed by atoms with Gasteiger partial charge in [0.15, 0.2) is 0 Å². The van der Waals surface area contributed by atoms with Crippen LogP contribution >= 0.6 is 0 Å². The van der Waals surface area contributed by atoms with Gasteiger partial charge in [0.25, 0.3) is 0 Å². The summed E-state index contributed by atoms with van der Waals surface area (Å²) in [7, 11) is 1.59. The van der Waals surface area contributed by atoms with Crippen LogP contribution in [0.1, 0.15) is 12.8 Å². The average molecular weight is 236 g/mol. The maximum absolute atomic E-state index is 11.6. The Hall–Kier alpha value is -1.75. The molecule has 1 aromatic rings. The van der Waals surface area contributed by atoms with Crippen LogP contribution in [0.15, 0.2) is 24.3 Å². The smallest absolute Gasteiger partial charge is 0.319 e. The van der Waals surface area contributed by atoms with Gasteiger partial charge in [0.05, 0.1) is 19.3 Å². The molecule has 0 aromatic heterocycles. The SMILES string of the molecule is COc1ccc(NC(=O)NC2(CO)CC2)cc1. The molecule has 0 atom stereocenters. The van der Waals surface area contributed by atoms with Crippen molar-refractivity contribution >= 4 is 11.7 Å². The minimum absolute atomic E-state index is 0.0109. The molecule has 0 unspecified atom stereocenters. The summed E-state index contributed by atoms with van der Waals surface area (Å²) in [6.07, 6.45) is 1.67. The zero-order valence-corrected chi connectivity index (χ0v) is 9.69. The molecule has 2 amide bonds. The molecule has 0 saturated heterocycles. The molecule has 3 N–H and O–H groups in total. The quantitative estimate of drug-likeness (QED) is 0.738. The first kappa shape index (κ1) is 11.7. The van der Waals surface area contributed by atoms with Crippen molar-refractivity contribution in [1.82, 2.24) is 5.32 Å². The summed E-state index contributed by atoms with van der Waals surface area (Å²) in [5.41, 5.74) is 0.299. The van der Waals surface area contributed by atoms with E-state index in [9.17, 15) is 4.79 Å². The number of carbonyl (C=O) groups is 1. The number of rotatable bonds is 4. The van der Waals surface area contributed by atoms with E-state index in [1.807, 2.05) is 0 Å². The topological polar surface area (TPSA) is 70.6 Å². The van der Waals surface area contributed by atoms with Gasteiger partial charge in [-0.1, -0.05) is 0 Å². The fourth-order valence-corrected chi connectivity index (χ4v) is 1.55. The van der Waals surface area contributed by atoms with Crippen LogP contribution in [0.2, 0.25) is 0 Å². The van der Waals surface area contributed by atoms with Crippen molar-refractivity contribution in [3.05, 3.63) is 24.3 Å². The predicted octanol–water partition coefficient (Wildman–Crippen LogP) is 1.34. The Morgan fingerprint density at radius 3 is 2.53 bits per heavy atom. The molecule has 0 radical (unpaired) electrons. The maximum Gasteiger partial charge on any atom is 0.319 e. The van der Waals surface area contributed by atoms with E-state index in [0.29, 0.717) is 5.69 Å². The van der Waals surface area contributed by atoms with Crippen LogP contribution in [0.4, 0.5) is 10.5 Å². The monoisotopic (exact) mass is 236 g/mol. The number of aliphatic hydroxyl groups is 1. The standard InChI is InChI=1S/C12H16N2O3/c1-17-10-4-2-9(3-5-10)13-11(16)14-12(8-15)6-7-12/h2-5,15H,6-8H2,1H3,(H2,13,14,16). The molecule has 0 bridgehead atoms. The number of benzene rings is 1. The van der Waals surface area contributed by atoms with E-state index in [1.54, 1.807) is 31.4 Å². The van der Waals surface area contributed by atoms with Gasteiger partial charge in [-0.05, 0) is 37.1 Å². The minimum atomic E-state index is -0.392. The molecule has 1 saturated carbocycles. The first-order valence-corrected chi connectivity index (χ1v) is 5.51. The molecule has 1 fully saturated rings. The molecule has 0 spiro atoms. The highest BCUT2D eigenvalue weighted by molar-refractivity contribution is 5.90. The van der Waals surface area contributed by atoms with Crippen LogP contribution in [-0.4, -0.2) is 30.4 Å². The molecular formula is C12H16N2O3. The number of ether oxygens (including phenoxy) is 1. The van der Waals surface area contributed by atoms with Gasteiger partial charge in [0.1, 0.15) is 5.75 Å².